The predicted octanol–water partition coefficient (Wildman–Crippen LogP) is 3.38. The van der Waals surface area contributed by atoms with Gasteiger partial charge in [0.25, 0.3) is 0 Å². The van der Waals surface area contributed by atoms with Gasteiger partial charge in [-0.2, -0.15) is 5.10 Å². The molecule has 0 aliphatic carbocycles. The smallest absolute Gasteiger partial charge is 0.125 e. The van der Waals surface area contributed by atoms with E-state index < -0.39 is 0 Å². The maximum Gasteiger partial charge on any atom is 0.125 e. The second-order valence-corrected chi connectivity index (χ2v) is 4.88. The van der Waals surface area contributed by atoms with Crippen LogP contribution in [0.4, 0.5) is 0 Å². The van der Waals surface area contributed by atoms with Crippen LogP contribution in [0, 0.1) is 0 Å². The molecule has 0 saturated heterocycles. The lowest BCUT2D eigenvalue weighted by molar-refractivity contribution is 0.439. The van der Waals surface area contributed by atoms with Crippen molar-refractivity contribution >= 4 is 0 Å². The van der Waals surface area contributed by atoms with Gasteiger partial charge in [0.1, 0.15) is 5.76 Å². The van der Waals surface area contributed by atoms with E-state index >= 15 is 0 Å². The molecule has 3 rings (SSSR count). The Labute approximate surface area is 124 Å². The zero-order chi connectivity index (χ0) is 14.5. The molecule has 0 bridgehead atoms. The molecule has 0 saturated carbocycles. The van der Waals surface area contributed by atoms with Crippen molar-refractivity contribution < 1.29 is 4.42 Å². The normalized spacial score (nSPS) is 12.4. The summed E-state index contributed by atoms with van der Waals surface area (Å²) in [5.41, 5.74) is 2.36. The number of nitrogens with zero attached hydrogens (tertiary/aromatic N) is 2. The zero-order valence-electron chi connectivity index (χ0n) is 12.1. The Morgan fingerprint density at radius 2 is 2.00 bits per heavy atom. The van der Waals surface area contributed by atoms with E-state index in [1.807, 2.05) is 47.3 Å². The average Bonchev–Trinajstić information content (AvgIpc) is 3.20. The molecule has 1 aromatic carbocycles. The third-order valence-corrected chi connectivity index (χ3v) is 3.55. The summed E-state index contributed by atoms with van der Waals surface area (Å²) in [6.45, 7) is 3.71. The molecular weight excluding hydrogens is 262 g/mol. The van der Waals surface area contributed by atoms with Crippen LogP contribution in [-0.2, 0) is 13.1 Å². The molecule has 1 unspecified atom stereocenters. The summed E-state index contributed by atoms with van der Waals surface area (Å²) < 4.78 is 7.59. The van der Waals surface area contributed by atoms with Gasteiger partial charge < -0.3 is 4.42 Å². The largest absolute Gasteiger partial charge is 0.467 e. The van der Waals surface area contributed by atoms with Crippen molar-refractivity contribution in [1.82, 2.24) is 15.1 Å². The molecular formula is C17H19N3O. The summed E-state index contributed by atoms with van der Waals surface area (Å²) >= 11 is 0. The van der Waals surface area contributed by atoms with E-state index in [1.54, 1.807) is 6.26 Å². The van der Waals surface area contributed by atoms with E-state index in [1.165, 1.54) is 11.3 Å². The number of benzene rings is 1. The van der Waals surface area contributed by atoms with Crippen molar-refractivity contribution in [3.63, 3.8) is 0 Å². The molecule has 0 fully saturated rings. The first-order valence-electron chi connectivity index (χ1n) is 7.21. The maximum atomic E-state index is 5.59. The number of aryl methyl sites for hydroxylation is 1. The number of nitrogens with one attached hydrogen (secondary N) is 1. The Morgan fingerprint density at radius 1 is 1.14 bits per heavy atom. The number of hydrogen-bond acceptors (Lipinski definition) is 3. The third kappa shape index (κ3) is 3.06. The second kappa shape index (κ2) is 6.41. The Hall–Kier alpha value is -2.33. The summed E-state index contributed by atoms with van der Waals surface area (Å²) in [5, 5.41) is 7.86. The number of furan rings is 1. The van der Waals surface area contributed by atoms with Gasteiger partial charge in [0.05, 0.1) is 18.0 Å². The van der Waals surface area contributed by atoms with Crippen LogP contribution in [-0.4, -0.2) is 9.78 Å². The van der Waals surface area contributed by atoms with Gasteiger partial charge in [-0.3, -0.25) is 10.00 Å². The summed E-state index contributed by atoms with van der Waals surface area (Å²) in [6, 6.07) is 16.3. The molecule has 0 aliphatic rings. The topological polar surface area (TPSA) is 43.0 Å². The van der Waals surface area contributed by atoms with Gasteiger partial charge >= 0.3 is 0 Å². The van der Waals surface area contributed by atoms with Gasteiger partial charge in [-0.25, -0.2) is 0 Å². The van der Waals surface area contributed by atoms with Crippen molar-refractivity contribution in [3.05, 3.63) is 78.0 Å². The Morgan fingerprint density at radius 3 is 2.71 bits per heavy atom. The van der Waals surface area contributed by atoms with Gasteiger partial charge in [0, 0.05) is 19.3 Å². The minimum Gasteiger partial charge on any atom is -0.467 e. The SMILES string of the molecule is CCn1nccc1CNC(c1ccccc1)c1ccco1. The number of aromatic nitrogens is 2. The molecule has 2 heterocycles. The lowest BCUT2D eigenvalue weighted by Crippen LogP contribution is -2.23. The molecule has 2 aromatic heterocycles. The summed E-state index contributed by atoms with van der Waals surface area (Å²) in [6.07, 6.45) is 3.55. The van der Waals surface area contributed by atoms with Crippen LogP contribution in [0.15, 0.2) is 65.4 Å². The molecule has 0 amide bonds. The molecule has 4 heteroatoms. The molecule has 3 aromatic rings. The molecule has 0 radical (unpaired) electrons. The summed E-state index contributed by atoms with van der Waals surface area (Å²) in [7, 11) is 0. The van der Waals surface area contributed by atoms with E-state index in [0.717, 1.165) is 18.8 Å². The van der Waals surface area contributed by atoms with Crippen LogP contribution < -0.4 is 5.32 Å². The van der Waals surface area contributed by atoms with Gasteiger partial charge in [-0.1, -0.05) is 30.3 Å². The van der Waals surface area contributed by atoms with Gasteiger partial charge in [0.15, 0.2) is 0 Å². The molecule has 1 atom stereocenters. The minimum atomic E-state index is 0.0430. The van der Waals surface area contributed by atoms with E-state index in [4.69, 9.17) is 4.42 Å². The highest BCUT2D eigenvalue weighted by molar-refractivity contribution is 5.26. The monoisotopic (exact) mass is 281 g/mol. The summed E-state index contributed by atoms with van der Waals surface area (Å²) in [4.78, 5) is 0. The molecule has 0 spiro atoms. The van der Waals surface area contributed by atoms with Crippen molar-refractivity contribution in [1.29, 1.82) is 0 Å². The first kappa shape index (κ1) is 13.6. The third-order valence-electron chi connectivity index (χ3n) is 3.55. The first-order valence-corrected chi connectivity index (χ1v) is 7.21. The molecule has 108 valence electrons. The lowest BCUT2D eigenvalue weighted by atomic mass is 10.0. The van der Waals surface area contributed by atoms with Gasteiger partial charge in [-0.15, -0.1) is 0 Å². The van der Waals surface area contributed by atoms with E-state index in [-0.39, 0.29) is 6.04 Å². The fourth-order valence-corrected chi connectivity index (χ4v) is 2.49. The molecule has 21 heavy (non-hydrogen) atoms. The summed E-state index contributed by atoms with van der Waals surface area (Å²) in [5.74, 6) is 0.920. The standard InChI is InChI=1S/C17H19N3O/c1-2-20-15(10-11-19-20)13-18-17(16-9-6-12-21-16)14-7-4-3-5-8-14/h3-12,17-18H,2,13H2,1H3. The van der Waals surface area contributed by atoms with E-state index in [9.17, 15) is 0 Å². The van der Waals surface area contributed by atoms with E-state index in [2.05, 4.69) is 29.5 Å². The van der Waals surface area contributed by atoms with Crippen LogP contribution in [0.25, 0.3) is 0 Å². The number of hydrogen-bond donors (Lipinski definition) is 1. The highest BCUT2D eigenvalue weighted by Gasteiger charge is 2.16. The highest BCUT2D eigenvalue weighted by atomic mass is 16.3. The number of rotatable bonds is 6. The van der Waals surface area contributed by atoms with Crippen LogP contribution in [0.5, 0.6) is 0 Å². The van der Waals surface area contributed by atoms with Crippen molar-refractivity contribution in [2.24, 2.45) is 0 Å². The van der Waals surface area contributed by atoms with E-state index in [0.29, 0.717) is 0 Å². The van der Waals surface area contributed by atoms with Crippen LogP contribution in [0.3, 0.4) is 0 Å². The average molecular weight is 281 g/mol. The second-order valence-electron chi connectivity index (χ2n) is 4.88. The van der Waals surface area contributed by atoms with Crippen molar-refractivity contribution in [2.75, 3.05) is 0 Å². The van der Waals surface area contributed by atoms with Gasteiger partial charge in [-0.05, 0) is 30.7 Å². The van der Waals surface area contributed by atoms with Gasteiger partial charge in [0.2, 0.25) is 0 Å². The Bertz CT molecular complexity index is 658. The molecule has 1 N–H and O–H groups in total. The first-order chi connectivity index (χ1) is 10.4. The highest BCUT2D eigenvalue weighted by Crippen LogP contribution is 2.22. The molecule has 4 nitrogen and oxygen atoms in total. The minimum absolute atomic E-state index is 0.0430. The van der Waals surface area contributed by atoms with Crippen molar-refractivity contribution in [2.45, 2.75) is 26.1 Å². The van der Waals surface area contributed by atoms with Crippen LogP contribution in [0.2, 0.25) is 0 Å². The quantitative estimate of drug-likeness (QED) is 0.753. The predicted molar refractivity (Wildman–Crippen MR) is 81.7 cm³/mol. The Balaban J connectivity index is 1.80. The van der Waals surface area contributed by atoms with Crippen molar-refractivity contribution in [3.8, 4) is 0 Å². The molecule has 0 aliphatic heterocycles. The lowest BCUT2D eigenvalue weighted by Gasteiger charge is -2.17. The maximum absolute atomic E-state index is 5.59. The fraction of sp³-hybridized carbons (Fsp3) is 0.235. The zero-order valence-corrected chi connectivity index (χ0v) is 12.1. The van der Waals surface area contributed by atoms with Crippen LogP contribution in [0.1, 0.15) is 30.0 Å². The fourth-order valence-electron chi connectivity index (χ4n) is 2.49. The van der Waals surface area contributed by atoms with Crippen LogP contribution >= 0.6 is 0 Å². The Kier molecular flexibility index (Phi) is 4.17.